The molecule has 1 amide bonds. The van der Waals surface area contributed by atoms with Gasteiger partial charge >= 0.3 is 0 Å². The Balaban J connectivity index is 1.93. The van der Waals surface area contributed by atoms with E-state index in [4.69, 9.17) is 17.0 Å². The van der Waals surface area contributed by atoms with Crippen molar-refractivity contribution in [2.75, 3.05) is 11.5 Å². The van der Waals surface area contributed by atoms with Gasteiger partial charge in [-0.25, -0.2) is 0 Å². The van der Waals surface area contributed by atoms with Gasteiger partial charge in [0.15, 0.2) is 4.32 Å². The van der Waals surface area contributed by atoms with Crippen LogP contribution in [0, 0.1) is 13.8 Å². The highest BCUT2D eigenvalue weighted by Crippen LogP contribution is 2.39. The number of allylic oxidation sites excluding steroid dienone is 1. The predicted molar refractivity (Wildman–Crippen MR) is 114 cm³/mol. The highest BCUT2D eigenvalue weighted by Gasteiger charge is 2.34. The summed E-state index contributed by atoms with van der Waals surface area (Å²) in [5.74, 6) is 0.712. The number of rotatable bonds is 4. The Morgan fingerprint density at radius 1 is 1.12 bits per heavy atom. The summed E-state index contributed by atoms with van der Waals surface area (Å²) in [7, 11) is 0. The van der Waals surface area contributed by atoms with Crippen molar-refractivity contribution >= 4 is 45.5 Å². The monoisotopic (exact) mass is 383 g/mol. The molecule has 1 heterocycles. The van der Waals surface area contributed by atoms with Gasteiger partial charge in [-0.05, 0) is 74.2 Å². The zero-order valence-corrected chi connectivity index (χ0v) is 17.0. The van der Waals surface area contributed by atoms with E-state index in [2.05, 4.69) is 32.0 Å². The quantitative estimate of drug-likeness (QED) is 0.515. The first-order chi connectivity index (χ1) is 12.4. The Hall–Kier alpha value is -2.11. The van der Waals surface area contributed by atoms with E-state index < -0.39 is 0 Å². The maximum absolute atomic E-state index is 13.0. The van der Waals surface area contributed by atoms with Gasteiger partial charge in [-0.2, -0.15) is 0 Å². The zero-order chi connectivity index (χ0) is 18.8. The van der Waals surface area contributed by atoms with E-state index in [9.17, 15) is 4.79 Å². The minimum Gasteiger partial charge on any atom is -0.494 e. The molecule has 5 heteroatoms. The number of anilines is 1. The van der Waals surface area contributed by atoms with Crippen LogP contribution in [0.4, 0.5) is 5.69 Å². The van der Waals surface area contributed by atoms with Crippen molar-refractivity contribution in [3.63, 3.8) is 0 Å². The molecule has 0 spiro atoms. The van der Waals surface area contributed by atoms with Crippen LogP contribution in [0.25, 0.3) is 5.57 Å². The van der Waals surface area contributed by atoms with Gasteiger partial charge in [0, 0.05) is 0 Å². The molecule has 0 saturated carbocycles. The summed E-state index contributed by atoms with van der Waals surface area (Å²) >= 11 is 6.84. The normalized spacial score (nSPS) is 16.2. The number of carbonyl (C=O) groups excluding carboxylic acids is 1. The van der Waals surface area contributed by atoms with Crippen LogP contribution in [0.5, 0.6) is 5.75 Å². The third-order valence-electron chi connectivity index (χ3n) is 4.46. The molecule has 1 saturated heterocycles. The molecule has 0 unspecified atom stereocenters. The number of carbonyl (C=O) groups is 1. The minimum absolute atomic E-state index is 0.0695. The van der Waals surface area contributed by atoms with E-state index in [1.165, 1.54) is 22.9 Å². The van der Waals surface area contributed by atoms with Crippen molar-refractivity contribution in [2.45, 2.75) is 27.7 Å². The Kier molecular flexibility index (Phi) is 5.49. The number of thiocarbonyl (C=S) groups is 1. The van der Waals surface area contributed by atoms with Crippen LogP contribution in [-0.4, -0.2) is 16.8 Å². The summed E-state index contributed by atoms with van der Waals surface area (Å²) in [4.78, 5) is 15.3. The second-order valence-corrected chi connectivity index (χ2v) is 7.83. The second-order valence-electron chi connectivity index (χ2n) is 6.19. The molecule has 1 aliphatic rings. The largest absolute Gasteiger partial charge is 0.494 e. The van der Waals surface area contributed by atoms with Crippen molar-refractivity contribution in [3.8, 4) is 5.75 Å². The fourth-order valence-corrected chi connectivity index (χ4v) is 4.13. The fourth-order valence-electron chi connectivity index (χ4n) is 2.78. The standard InChI is InChI=1S/C21H21NO2S2/c1-5-24-18-10-8-17(9-11-18)22-20(23)19(26-21(22)25)15(4)16-7-6-13(2)14(3)12-16/h6-12H,5H2,1-4H3. The molecule has 0 aliphatic carbocycles. The van der Waals surface area contributed by atoms with Crippen LogP contribution in [0.1, 0.15) is 30.5 Å². The van der Waals surface area contributed by atoms with Gasteiger partial charge in [0.2, 0.25) is 0 Å². The Morgan fingerprint density at radius 3 is 2.42 bits per heavy atom. The molecule has 3 nitrogen and oxygen atoms in total. The summed E-state index contributed by atoms with van der Waals surface area (Å²) in [6.45, 7) is 8.69. The van der Waals surface area contributed by atoms with E-state index in [0.29, 0.717) is 15.8 Å². The van der Waals surface area contributed by atoms with Crippen molar-refractivity contribution in [3.05, 3.63) is 64.1 Å². The van der Waals surface area contributed by atoms with Crippen molar-refractivity contribution in [1.82, 2.24) is 0 Å². The van der Waals surface area contributed by atoms with Crippen LogP contribution in [0.15, 0.2) is 47.4 Å². The van der Waals surface area contributed by atoms with Crippen LogP contribution in [-0.2, 0) is 4.79 Å². The van der Waals surface area contributed by atoms with Crippen molar-refractivity contribution < 1.29 is 9.53 Å². The number of hydrogen-bond donors (Lipinski definition) is 0. The lowest BCUT2D eigenvalue weighted by atomic mass is 10.0. The van der Waals surface area contributed by atoms with Crippen LogP contribution in [0.2, 0.25) is 0 Å². The molecule has 2 aromatic carbocycles. The molecular weight excluding hydrogens is 362 g/mol. The molecule has 2 aromatic rings. The van der Waals surface area contributed by atoms with Crippen LogP contribution >= 0.6 is 24.0 Å². The number of thioether (sulfide) groups is 1. The molecular formula is C21H21NO2S2. The highest BCUT2D eigenvalue weighted by molar-refractivity contribution is 8.27. The van der Waals surface area contributed by atoms with Gasteiger partial charge in [0.05, 0.1) is 17.2 Å². The molecule has 1 fully saturated rings. The highest BCUT2D eigenvalue weighted by atomic mass is 32.2. The SMILES string of the molecule is CCOc1ccc(N2C(=O)C(=C(C)c3ccc(C)c(C)c3)SC2=S)cc1. The third-order valence-corrected chi connectivity index (χ3v) is 5.93. The first kappa shape index (κ1) is 18.7. The summed E-state index contributed by atoms with van der Waals surface area (Å²) in [6, 6.07) is 13.7. The van der Waals surface area contributed by atoms with Gasteiger partial charge < -0.3 is 4.74 Å². The Bertz CT molecular complexity index is 901. The first-order valence-electron chi connectivity index (χ1n) is 8.50. The number of ether oxygens (including phenoxy) is 1. The summed E-state index contributed by atoms with van der Waals surface area (Å²) in [5, 5.41) is 0. The van der Waals surface area contributed by atoms with Crippen LogP contribution < -0.4 is 9.64 Å². The number of hydrogen-bond acceptors (Lipinski definition) is 4. The predicted octanol–water partition coefficient (Wildman–Crippen LogP) is 5.50. The fraction of sp³-hybridized carbons (Fsp3) is 0.238. The summed E-state index contributed by atoms with van der Waals surface area (Å²) < 4.78 is 6.02. The van der Waals surface area contributed by atoms with Crippen LogP contribution in [0.3, 0.4) is 0 Å². The van der Waals surface area contributed by atoms with Gasteiger partial charge in [-0.1, -0.05) is 42.2 Å². The Morgan fingerprint density at radius 2 is 1.81 bits per heavy atom. The topological polar surface area (TPSA) is 29.5 Å². The number of aryl methyl sites for hydroxylation is 2. The van der Waals surface area contributed by atoms with Gasteiger partial charge in [0.25, 0.3) is 5.91 Å². The third kappa shape index (κ3) is 3.55. The molecule has 0 atom stereocenters. The molecule has 0 bridgehead atoms. The average molecular weight is 384 g/mol. The number of amides is 1. The second kappa shape index (κ2) is 7.64. The van der Waals surface area contributed by atoms with Gasteiger partial charge in [-0.15, -0.1) is 0 Å². The molecule has 134 valence electrons. The smallest absolute Gasteiger partial charge is 0.271 e. The molecule has 0 radical (unpaired) electrons. The Labute approximate surface area is 164 Å². The van der Waals surface area contributed by atoms with Crippen molar-refractivity contribution in [1.29, 1.82) is 0 Å². The first-order valence-corrected chi connectivity index (χ1v) is 9.72. The van der Waals surface area contributed by atoms with E-state index in [0.717, 1.165) is 22.6 Å². The molecule has 3 rings (SSSR count). The lowest BCUT2D eigenvalue weighted by molar-refractivity contribution is -0.113. The molecule has 0 aromatic heterocycles. The minimum atomic E-state index is -0.0695. The van der Waals surface area contributed by atoms with E-state index in [1.54, 1.807) is 4.90 Å². The summed E-state index contributed by atoms with van der Waals surface area (Å²) in [6.07, 6.45) is 0. The molecule has 1 aliphatic heterocycles. The van der Waals surface area contributed by atoms with E-state index >= 15 is 0 Å². The summed E-state index contributed by atoms with van der Waals surface area (Å²) in [5.41, 5.74) is 5.23. The lowest BCUT2D eigenvalue weighted by Gasteiger charge is -2.15. The maximum Gasteiger partial charge on any atom is 0.271 e. The van der Waals surface area contributed by atoms with E-state index in [1.807, 2.05) is 38.1 Å². The number of nitrogens with zero attached hydrogens (tertiary/aromatic N) is 1. The number of benzene rings is 2. The molecule has 0 N–H and O–H groups in total. The van der Waals surface area contributed by atoms with Crippen molar-refractivity contribution in [2.24, 2.45) is 0 Å². The lowest BCUT2D eigenvalue weighted by Crippen LogP contribution is -2.27. The zero-order valence-electron chi connectivity index (χ0n) is 15.3. The van der Waals surface area contributed by atoms with E-state index in [-0.39, 0.29) is 5.91 Å². The average Bonchev–Trinajstić information content (AvgIpc) is 2.92. The van der Waals surface area contributed by atoms with Gasteiger partial charge in [-0.3, -0.25) is 9.69 Å². The van der Waals surface area contributed by atoms with Gasteiger partial charge in [0.1, 0.15) is 5.75 Å². The molecule has 26 heavy (non-hydrogen) atoms. The maximum atomic E-state index is 13.0.